The highest BCUT2D eigenvalue weighted by molar-refractivity contribution is 7.89. The molecule has 2 aromatic rings. The third kappa shape index (κ3) is 5.34. The number of benzene rings is 2. The van der Waals surface area contributed by atoms with E-state index in [-0.39, 0.29) is 13.1 Å². The highest BCUT2D eigenvalue weighted by Gasteiger charge is 2.29. The Bertz CT molecular complexity index is 780. The van der Waals surface area contributed by atoms with Crippen LogP contribution in [0.5, 0.6) is 11.5 Å². The molecule has 0 aliphatic rings. The second-order valence-electron chi connectivity index (χ2n) is 6.19. The van der Waals surface area contributed by atoms with E-state index in [1.807, 2.05) is 55.5 Å². The van der Waals surface area contributed by atoms with Gasteiger partial charge in [0.15, 0.2) is 0 Å². The Hall–Kier alpha value is -2.31. The van der Waals surface area contributed by atoms with Crippen LogP contribution >= 0.6 is 0 Å². The molecule has 0 saturated heterocycles. The van der Waals surface area contributed by atoms with Crippen molar-refractivity contribution in [1.82, 2.24) is 4.31 Å². The summed E-state index contributed by atoms with van der Waals surface area (Å²) in [6, 6.07) is 14.8. The van der Waals surface area contributed by atoms with Crippen LogP contribution in [0.2, 0.25) is 0 Å². The Morgan fingerprint density at radius 2 is 1.33 bits per heavy atom. The average Bonchev–Trinajstić information content (AvgIpc) is 2.69. The molecule has 0 aliphatic carbocycles. The lowest BCUT2D eigenvalue weighted by Crippen LogP contribution is -2.37. The second kappa shape index (κ2) is 9.58. The molecule has 0 fully saturated rings. The third-order valence-electron chi connectivity index (χ3n) is 4.44. The second-order valence-corrected chi connectivity index (χ2v) is 8.34. The topological polar surface area (TPSA) is 55.8 Å². The van der Waals surface area contributed by atoms with Gasteiger partial charge in [0.25, 0.3) is 0 Å². The van der Waals surface area contributed by atoms with Crippen LogP contribution in [0.3, 0.4) is 0 Å². The molecule has 0 aromatic heterocycles. The molecule has 0 aliphatic heterocycles. The Labute approximate surface area is 162 Å². The van der Waals surface area contributed by atoms with Crippen molar-refractivity contribution >= 4 is 10.0 Å². The molecule has 0 bridgehead atoms. The summed E-state index contributed by atoms with van der Waals surface area (Å²) >= 11 is 0. The molecule has 2 aromatic carbocycles. The summed E-state index contributed by atoms with van der Waals surface area (Å²) in [6.07, 6.45) is 1.98. The zero-order chi connectivity index (χ0) is 19.9. The first-order chi connectivity index (χ1) is 12.9. The van der Waals surface area contributed by atoms with Gasteiger partial charge < -0.3 is 9.47 Å². The van der Waals surface area contributed by atoms with Crippen molar-refractivity contribution in [1.29, 1.82) is 0 Å². The summed E-state index contributed by atoms with van der Waals surface area (Å²) in [6.45, 7) is 6.11. The zero-order valence-electron chi connectivity index (χ0n) is 16.1. The van der Waals surface area contributed by atoms with Gasteiger partial charge >= 0.3 is 0 Å². The fourth-order valence-corrected chi connectivity index (χ4v) is 4.50. The maximum atomic E-state index is 13.2. The number of hydrogen-bond donors (Lipinski definition) is 0. The summed E-state index contributed by atoms with van der Waals surface area (Å²) < 4.78 is 38.2. The molecule has 0 amide bonds. The van der Waals surface area contributed by atoms with Crippen molar-refractivity contribution < 1.29 is 17.9 Å². The van der Waals surface area contributed by atoms with E-state index < -0.39 is 15.3 Å². The van der Waals surface area contributed by atoms with Gasteiger partial charge in [-0.25, -0.2) is 8.42 Å². The van der Waals surface area contributed by atoms with Crippen LogP contribution in [-0.2, 0) is 23.1 Å². The Morgan fingerprint density at radius 1 is 0.926 bits per heavy atom. The van der Waals surface area contributed by atoms with Crippen LogP contribution in [0.1, 0.15) is 24.5 Å². The van der Waals surface area contributed by atoms with E-state index >= 15 is 0 Å². The number of hydrogen-bond acceptors (Lipinski definition) is 4. The standard InChI is InChI=1S/C21H27NO4S/c1-5-21(6-2)27(23,24)22(15-17-7-11-19(25-3)12-8-17)16-18-9-13-20(26-4)14-10-18/h5,7-14,21H,1,6,15-16H2,2-4H3/t21-/m0/s1. The third-order valence-corrected chi connectivity index (χ3v) is 6.71. The van der Waals surface area contributed by atoms with Crippen molar-refractivity contribution in [2.45, 2.75) is 31.7 Å². The number of nitrogens with zero attached hydrogens (tertiary/aromatic N) is 1. The fourth-order valence-electron chi connectivity index (χ4n) is 2.80. The van der Waals surface area contributed by atoms with Gasteiger partial charge in [0.05, 0.1) is 19.5 Å². The lowest BCUT2D eigenvalue weighted by atomic mass is 10.2. The highest BCUT2D eigenvalue weighted by Crippen LogP contribution is 2.22. The average molecular weight is 390 g/mol. The summed E-state index contributed by atoms with van der Waals surface area (Å²) in [7, 11) is -0.333. The summed E-state index contributed by atoms with van der Waals surface area (Å²) in [4.78, 5) is 0. The molecule has 5 nitrogen and oxygen atoms in total. The van der Waals surface area contributed by atoms with Gasteiger partial charge in [0.1, 0.15) is 11.5 Å². The van der Waals surface area contributed by atoms with Crippen molar-refractivity contribution in [2.75, 3.05) is 14.2 Å². The Kier molecular flexibility index (Phi) is 7.45. The minimum Gasteiger partial charge on any atom is -0.497 e. The summed E-state index contributed by atoms with van der Waals surface area (Å²) in [5.41, 5.74) is 1.79. The molecule has 0 radical (unpaired) electrons. The van der Waals surface area contributed by atoms with Gasteiger partial charge in [-0.05, 0) is 41.8 Å². The van der Waals surface area contributed by atoms with Crippen molar-refractivity contribution in [2.24, 2.45) is 0 Å². The van der Waals surface area contributed by atoms with Gasteiger partial charge in [-0.3, -0.25) is 0 Å². The Balaban J connectivity index is 2.32. The lowest BCUT2D eigenvalue weighted by Gasteiger charge is -2.26. The number of ether oxygens (including phenoxy) is 2. The minimum atomic E-state index is -3.54. The molecule has 0 N–H and O–H groups in total. The summed E-state index contributed by atoms with van der Waals surface area (Å²) in [5.74, 6) is 1.47. The van der Waals surface area contributed by atoms with Crippen LogP contribution in [-0.4, -0.2) is 32.2 Å². The lowest BCUT2D eigenvalue weighted by molar-refractivity contribution is 0.393. The smallest absolute Gasteiger partial charge is 0.221 e. The van der Waals surface area contributed by atoms with E-state index in [2.05, 4.69) is 6.58 Å². The molecular formula is C21H27NO4S. The number of rotatable bonds is 10. The maximum absolute atomic E-state index is 13.2. The van der Waals surface area contributed by atoms with Crippen LogP contribution in [0.15, 0.2) is 61.2 Å². The van der Waals surface area contributed by atoms with Crippen LogP contribution < -0.4 is 9.47 Å². The van der Waals surface area contributed by atoms with Crippen LogP contribution in [0.4, 0.5) is 0 Å². The fraction of sp³-hybridized carbons (Fsp3) is 0.333. The molecule has 0 unspecified atom stereocenters. The molecule has 0 spiro atoms. The van der Waals surface area contributed by atoms with E-state index in [1.54, 1.807) is 14.2 Å². The first kappa shape index (κ1) is 21.0. The largest absolute Gasteiger partial charge is 0.497 e. The van der Waals surface area contributed by atoms with Crippen molar-refractivity contribution in [3.8, 4) is 11.5 Å². The van der Waals surface area contributed by atoms with Gasteiger partial charge in [-0.1, -0.05) is 37.3 Å². The van der Waals surface area contributed by atoms with Crippen LogP contribution in [0.25, 0.3) is 0 Å². The number of methoxy groups -OCH3 is 2. The first-order valence-corrected chi connectivity index (χ1v) is 10.3. The normalized spacial score (nSPS) is 12.6. The van der Waals surface area contributed by atoms with Gasteiger partial charge in [0.2, 0.25) is 10.0 Å². The van der Waals surface area contributed by atoms with Crippen LogP contribution in [0, 0.1) is 0 Å². The molecule has 6 heteroatoms. The van der Waals surface area contributed by atoms with Gasteiger partial charge in [-0.15, -0.1) is 6.58 Å². The van der Waals surface area contributed by atoms with E-state index in [9.17, 15) is 8.42 Å². The van der Waals surface area contributed by atoms with Gasteiger partial charge in [-0.2, -0.15) is 4.31 Å². The van der Waals surface area contributed by atoms with Crippen molar-refractivity contribution in [3.63, 3.8) is 0 Å². The molecular weight excluding hydrogens is 362 g/mol. The molecule has 27 heavy (non-hydrogen) atoms. The van der Waals surface area contributed by atoms with Crippen molar-refractivity contribution in [3.05, 3.63) is 72.3 Å². The molecule has 0 heterocycles. The molecule has 2 rings (SSSR count). The molecule has 0 saturated carbocycles. The summed E-state index contributed by atoms with van der Waals surface area (Å²) in [5, 5.41) is -0.617. The SMILES string of the molecule is C=C[C@@H](CC)S(=O)(=O)N(Cc1ccc(OC)cc1)Cc1ccc(OC)cc1. The van der Waals surface area contributed by atoms with E-state index in [1.165, 1.54) is 10.4 Å². The predicted molar refractivity (Wildman–Crippen MR) is 108 cm³/mol. The minimum absolute atomic E-state index is 0.280. The van der Waals surface area contributed by atoms with E-state index in [0.29, 0.717) is 6.42 Å². The quantitative estimate of drug-likeness (QED) is 0.576. The molecule has 146 valence electrons. The number of sulfonamides is 1. The molecule has 1 atom stereocenters. The monoisotopic (exact) mass is 389 g/mol. The zero-order valence-corrected chi connectivity index (χ0v) is 16.9. The maximum Gasteiger partial charge on any atom is 0.221 e. The highest BCUT2D eigenvalue weighted by atomic mass is 32.2. The predicted octanol–water partition coefficient (Wildman–Crippen LogP) is 4.00. The van der Waals surface area contributed by atoms with E-state index in [0.717, 1.165) is 22.6 Å². The van der Waals surface area contributed by atoms with Gasteiger partial charge in [0, 0.05) is 13.1 Å². The Morgan fingerprint density at radius 3 is 1.63 bits per heavy atom. The van der Waals surface area contributed by atoms with E-state index in [4.69, 9.17) is 9.47 Å². The first-order valence-electron chi connectivity index (χ1n) is 8.82.